The van der Waals surface area contributed by atoms with E-state index in [-0.39, 0.29) is 17.3 Å². The third-order valence-corrected chi connectivity index (χ3v) is 4.01. The molecule has 90 valence electrons. The highest BCUT2D eigenvalue weighted by Crippen LogP contribution is 2.62. The predicted molar refractivity (Wildman–Crippen MR) is 54.6 cm³/mol. The van der Waals surface area contributed by atoms with Crippen LogP contribution in [0.3, 0.4) is 0 Å². The van der Waals surface area contributed by atoms with E-state index in [0.717, 1.165) is 0 Å². The average Bonchev–Trinajstić information content (AvgIpc) is 2.36. The molecule has 0 aromatic heterocycles. The molecule has 0 aliphatic heterocycles. The zero-order valence-electron chi connectivity index (χ0n) is 9.83. The zero-order valence-corrected chi connectivity index (χ0v) is 9.83. The van der Waals surface area contributed by atoms with Crippen LogP contribution in [0.1, 0.15) is 40.5 Å². The Hall–Kier alpha value is -0.250. The zero-order chi connectivity index (χ0) is 11.9. The number of nitrogens with one attached hydrogen (secondary N) is 1. The van der Waals surface area contributed by atoms with E-state index in [0.29, 0.717) is 12.6 Å². The van der Waals surface area contributed by atoms with Gasteiger partial charge in [0.2, 0.25) is 0 Å². The highest BCUT2D eigenvalue weighted by Gasteiger charge is 2.64. The van der Waals surface area contributed by atoms with E-state index in [1.807, 2.05) is 0 Å². The molecule has 0 heterocycles. The first-order valence-electron chi connectivity index (χ1n) is 5.39. The number of rotatable bonds is 4. The molecule has 1 N–H and O–H groups in total. The number of hydrogen-bond acceptors (Lipinski definition) is 1. The summed E-state index contributed by atoms with van der Waals surface area (Å²) in [5.74, 6) is 0. The first kappa shape index (κ1) is 12.8. The van der Waals surface area contributed by atoms with E-state index in [1.165, 1.54) is 0 Å². The molecule has 4 heteroatoms. The molecule has 0 atom stereocenters. The summed E-state index contributed by atoms with van der Waals surface area (Å²) >= 11 is 0. The van der Waals surface area contributed by atoms with E-state index in [4.69, 9.17) is 0 Å². The molecule has 0 radical (unpaired) electrons. The van der Waals surface area contributed by atoms with Gasteiger partial charge in [-0.3, -0.25) is 0 Å². The molecule has 1 aliphatic rings. The minimum absolute atomic E-state index is 0.173. The van der Waals surface area contributed by atoms with Crippen LogP contribution in [0.4, 0.5) is 13.2 Å². The van der Waals surface area contributed by atoms with Crippen molar-refractivity contribution in [2.24, 2.45) is 10.8 Å². The quantitative estimate of drug-likeness (QED) is 0.721. The van der Waals surface area contributed by atoms with E-state index in [9.17, 15) is 13.2 Å². The van der Waals surface area contributed by atoms with Gasteiger partial charge in [-0.15, -0.1) is 0 Å². The maximum atomic E-state index is 11.9. The fourth-order valence-electron chi connectivity index (χ4n) is 2.24. The van der Waals surface area contributed by atoms with Crippen molar-refractivity contribution in [1.82, 2.24) is 5.32 Å². The van der Waals surface area contributed by atoms with Crippen LogP contribution in [-0.2, 0) is 0 Å². The summed E-state index contributed by atoms with van der Waals surface area (Å²) in [6.45, 7) is 9.04. The van der Waals surface area contributed by atoms with Crippen molar-refractivity contribution in [3.8, 4) is 0 Å². The lowest BCUT2D eigenvalue weighted by atomic mass is 10.0. The lowest BCUT2D eigenvalue weighted by Crippen LogP contribution is -2.24. The van der Waals surface area contributed by atoms with E-state index >= 15 is 0 Å². The normalized spacial score (nSPS) is 24.2. The highest BCUT2D eigenvalue weighted by atomic mass is 19.4. The predicted octanol–water partition coefficient (Wildman–Crippen LogP) is 3.35. The van der Waals surface area contributed by atoms with Gasteiger partial charge in [-0.1, -0.05) is 27.7 Å². The SMILES string of the molecule is CC1(C)C(NCCCC(F)(F)F)C1(C)C. The van der Waals surface area contributed by atoms with E-state index < -0.39 is 12.6 Å². The summed E-state index contributed by atoms with van der Waals surface area (Å²) in [6.07, 6.45) is -4.53. The highest BCUT2D eigenvalue weighted by molar-refractivity contribution is 5.17. The van der Waals surface area contributed by atoms with Gasteiger partial charge >= 0.3 is 6.18 Å². The van der Waals surface area contributed by atoms with Gasteiger partial charge < -0.3 is 5.32 Å². The van der Waals surface area contributed by atoms with Gasteiger partial charge in [0.05, 0.1) is 0 Å². The van der Waals surface area contributed by atoms with Gasteiger partial charge in [0.1, 0.15) is 0 Å². The molecule has 0 aromatic rings. The Labute approximate surface area is 89.4 Å². The smallest absolute Gasteiger partial charge is 0.313 e. The van der Waals surface area contributed by atoms with Crippen molar-refractivity contribution >= 4 is 0 Å². The molecule has 0 bridgehead atoms. The largest absolute Gasteiger partial charge is 0.389 e. The molecular weight excluding hydrogens is 203 g/mol. The maximum Gasteiger partial charge on any atom is 0.389 e. The van der Waals surface area contributed by atoms with Crippen LogP contribution >= 0.6 is 0 Å². The van der Waals surface area contributed by atoms with Crippen LogP contribution in [0, 0.1) is 10.8 Å². The average molecular weight is 223 g/mol. The van der Waals surface area contributed by atoms with Crippen LogP contribution in [-0.4, -0.2) is 18.8 Å². The molecule has 0 amide bonds. The first-order chi connectivity index (χ1) is 6.59. The summed E-state index contributed by atoms with van der Waals surface area (Å²) < 4.78 is 35.6. The Morgan fingerprint density at radius 2 is 1.53 bits per heavy atom. The fourth-order valence-corrected chi connectivity index (χ4v) is 2.24. The van der Waals surface area contributed by atoms with Gasteiger partial charge in [0, 0.05) is 12.5 Å². The molecule has 1 saturated carbocycles. The minimum atomic E-state index is -4.02. The van der Waals surface area contributed by atoms with Gasteiger partial charge in [-0.25, -0.2) is 0 Å². The summed E-state index contributed by atoms with van der Waals surface area (Å²) in [7, 11) is 0. The molecule has 0 spiro atoms. The topological polar surface area (TPSA) is 12.0 Å². The molecule has 0 saturated heterocycles. The van der Waals surface area contributed by atoms with Crippen molar-refractivity contribution in [1.29, 1.82) is 0 Å². The van der Waals surface area contributed by atoms with Crippen LogP contribution in [0.15, 0.2) is 0 Å². The first-order valence-corrected chi connectivity index (χ1v) is 5.39. The third kappa shape index (κ3) is 2.65. The monoisotopic (exact) mass is 223 g/mol. The van der Waals surface area contributed by atoms with Crippen LogP contribution in [0.5, 0.6) is 0 Å². The third-order valence-electron chi connectivity index (χ3n) is 4.01. The summed E-state index contributed by atoms with van der Waals surface area (Å²) in [6, 6.07) is 0.346. The Bertz CT molecular complexity index is 216. The summed E-state index contributed by atoms with van der Waals surface area (Å²) in [4.78, 5) is 0. The molecule has 1 fully saturated rings. The second-order valence-corrected chi connectivity index (χ2v) is 5.55. The van der Waals surface area contributed by atoms with Gasteiger partial charge in [-0.05, 0) is 23.8 Å². The molecule has 1 nitrogen and oxygen atoms in total. The van der Waals surface area contributed by atoms with Crippen molar-refractivity contribution in [2.75, 3.05) is 6.54 Å². The van der Waals surface area contributed by atoms with Gasteiger partial charge in [-0.2, -0.15) is 13.2 Å². The van der Waals surface area contributed by atoms with Crippen molar-refractivity contribution in [3.63, 3.8) is 0 Å². The maximum absolute atomic E-state index is 11.9. The van der Waals surface area contributed by atoms with Crippen LogP contribution < -0.4 is 5.32 Å². The van der Waals surface area contributed by atoms with E-state index in [2.05, 4.69) is 33.0 Å². The van der Waals surface area contributed by atoms with Crippen LogP contribution in [0.25, 0.3) is 0 Å². The number of alkyl halides is 3. The minimum Gasteiger partial charge on any atom is -0.313 e. The summed E-state index contributed by atoms with van der Waals surface area (Å²) in [5, 5.41) is 3.21. The molecule has 0 unspecified atom stereocenters. The Balaban J connectivity index is 2.19. The summed E-state index contributed by atoms with van der Waals surface area (Å²) in [5.41, 5.74) is 0.399. The van der Waals surface area contributed by atoms with Crippen molar-refractivity contribution in [3.05, 3.63) is 0 Å². The second kappa shape index (κ2) is 3.65. The fraction of sp³-hybridized carbons (Fsp3) is 1.00. The van der Waals surface area contributed by atoms with Gasteiger partial charge in [0.25, 0.3) is 0 Å². The standard InChI is InChI=1S/C11H20F3N/c1-9(2)8(10(9,3)4)15-7-5-6-11(12,13)14/h8,15H,5-7H2,1-4H3. The molecule has 0 aromatic carbocycles. The van der Waals surface area contributed by atoms with Crippen molar-refractivity contribution in [2.45, 2.75) is 52.8 Å². The van der Waals surface area contributed by atoms with Crippen LogP contribution in [0.2, 0.25) is 0 Å². The Kier molecular flexibility index (Phi) is 3.12. The second-order valence-electron chi connectivity index (χ2n) is 5.55. The lowest BCUT2D eigenvalue weighted by Gasteiger charge is -2.08. The van der Waals surface area contributed by atoms with Gasteiger partial charge in [0.15, 0.2) is 0 Å². The van der Waals surface area contributed by atoms with Crippen molar-refractivity contribution < 1.29 is 13.2 Å². The Morgan fingerprint density at radius 3 is 1.87 bits per heavy atom. The number of hydrogen-bond donors (Lipinski definition) is 1. The lowest BCUT2D eigenvalue weighted by molar-refractivity contribution is -0.135. The molecule has 1 aliphatic carbocycles. The molecule has 15 heavy (non-hydrogen) atoms. The van der Waals surface area contributed by atoms with E-state index in [1.54, 1.807) is 0 Å². The molecule has 1 rings (SSSR count). The number of halogens is 3. The Morgan fingerprint density at radius 1 is 1.07 bits per heavy atom. The molecular formula is C11H20F3N.